The first-order valence-electron chi connectivity index (χ1n) is 3.98. The first kappa shape index (κ1) is 10.2. The number of nitriles is 1. The maximum absolute atomic E-state index is 8.98. The van der Waals surface area contributed by atoms with Crippen LogP contribution in [-0.2, 0) is 5.54 Å². The van der Waals surface area contributed by atoms with Gasteiger partial charge in [-0.1, -0.05) is 28.1 Å². The topological polar surface area (TPSA) is 35.8 Å². The number of hydrogen-bond donors (Lipinski definition) is 1. The molecule has 0 saturated carbocycles. The van der Waals surface area contributed by atoms with Crippen molar-refractivity contribution in [2.24, 2.45) is 0 Å². The van der Waals surface area contributed by atoms with E-state index >= 15 is 0 Å². The van der Waals surface area contributed by atoms with Crippen molar-refractivity contribution >= 4 is 15.9 Å². The van der Waals surface area contributed by atoms with E-state index in [1.807, 2.05) is 31.2 Å². The molecule has 0 bridgehead atoms. The maximum atomic E-state index is 8.98. The summed E-state index contributed by atoms with van der Waals surface area (Å²) in [5.74, 6) is 0. The van der Waals surface area contributed by atoms with Gasteiger partial charge in [0.2, 0.25) is 0 Å². The number of hydrogen-bond acceptors (Lipinski definition) is 2. The van der Waals surface area contributed by atoms with Crippen LogP contribution >= 0.6 is 15.9 Å². The first-order valence-corrected chi connectivity index (χ1v) is 4.78. The molecule has 0 aliphatic heterocycles. The lowest BCUT2D eigenvalue weighted by Crippen LogP contribution is -2.34. The highest BCUT2D eigenvalue weighted by atomic mass is 79.9. The molecular formula is C10H11BrN2. The van der Waals surface area contributed by atoms with Crippen molar-refractivity contribution in [1.82, 2.24) is 5.32 Å². The molecule has 1 aromatic rings. The summed E-state index contributed by atoms with van der Waals surface area (Å²) >= 11 is 3.35. The third kappa shape index (κ3) is 2.09. The van der Waals surface area contributed by atoms with Crippen LogP contribution in [0.15, 0.2) is 28.7 Å². The molecular weight excluding hydrogens is 228 g/mol. The quantitative estimate of drug-likeness (QED) is 0.860. The molecule has 0 aliphatic rings. The van der Waals surface area contributed by atoms with Gasteiger partial charge in [0.15, 0.2) is 0 Å². The second kappa shape index (κ2) is 3.91. The van der Waals surface area contributed by atoms with Gasteiger partial charge in [-0.3, -0.25) is 5.32 Å². The van der Waals surface area contributed by atoms with Crippen LogP contribution in [0.3, 0.4) is 0 Å². The van der Waals surface area contributed by atoms with E-state index in [4.69, 9.17) is 5.26 Å². The van der Waals surface area contributed by atoms with E-state index < -0.39 is 5.54 Å². The van der Waals surface area contributed by atoms with Crippen LogP contribution in [0.1, 0.15) is 12.5 Å². The molecule has 0 aromatic heterocycles. The van der Waals surface area contributed by atoms with Gasteiger partial charge in [-0.15, -0.1) is 0 Å². The molecule has 0 aliphatic carbocycles. The van der Waals surface area contributed by atoms with Gasteiger partial charge < -0.3 is 0 Å². The van der Waals surface area contributed by atoms with E-state index in [1.54, 1.807) is 7.05 Å². The van der Waals surface area contributed by atoms with Crippen molar-refractivity contribution in [3.8, 4) is 6.07 Å². The molecule has 1 aromatic carbocycles. The lowest BCUT2D eigenvalue weighted by molar-refractivity contribution is 0.518. The highest BCUT2D eigenvalue weighted by Crippen LogP contribution is 2.21. The zero-order chi connectivity index (χ0) is 9.90. The van der Waals surface area contributed by atoms with Crippen molar-refractivity contribution in [2.45, 2.75) is 12.5 Å². The molecule has 0 radical (unpaired) electrons. The number of halogens is 1. The first-order chi connectivity index (χ1) is 6.12. The Bertz CT molecular complexity index is 326. The average Bonchev–Trinajstić information content (AvgIpc) is 2.18. The lowest BCUT2D eigenvalue weighted by atomic mass is 9.94. The fourth-order valence-corrected chi connectivity index (χ4v) is 1.31. The SMILES string of the molecule is CNC(C)(C#N)c1ccc(Br)cc1. The van der Waals surface area contributed by atoms with Crippen LogP contribution < -0.4 is 5.32 Å². The van der Waals surface area contributed by atoms with Gasteiger partial charge in [-0.2, -0.15) is 5.26 Å². The average molecular weight is 239 g/mol. The van der Waals surface area contributed by atoms with Crippen molar-refractivity contribution in [3.63, 3.8) is 0 Å². The molecule has 0 spiro atoms. The van der Waals surface area contributed by atoms with Gasteiger partial charge in [0, 0.05) is 4.47 Å². The van der Waals surface area contributed by atoms with Crippen LogP contribution in [0, 0.1) is 11.3 Å². The van der Waals surface area contributed by atoms with Crippen molar-refractivity contribution < 1.29 is 0 Å². The smallest absolute Gasteiger partial charge is 0.129 e. The Hall–Kier alpha value is -0.850. The van der Waals surface area contributed by atoms with E-state index in [-0.39, 0.29) is 0 Å². The van der Waals surface area contributed by atoms with Crippen LogP contribution in [0.25, 0.3) is 0 Å². The molecule has 13 heavy (non-hydrogen) atoms. The van der Waals surface area contributed by atoms with E-state index in [1.165, 1.54) is 0 Å². The van der Waals surface area contributed by atoms with E-state index in [0.717, 1.165) is 10.0 Å². The molecule has 1 unspecified atom stereocenters. The number of nitrogens with one attached hydrogen (secondary N) is 1. The molecule has 0 heterocycles. The lowest BCUT2D eigenvalue weighted by Gasteiger charge is -2.20. The predicted octanol–water partition coefficient (Wildman–Crippen LogP) is 2.41. The molecule has 2 nitrogen and oxygen atoms in total. The van der Waals surface area contributed by atoms with Crippen LogP contribution in [0.4, 0.5) is 0 Å². The van der Waals surface area contributed by atoms with Gasteiger partial charge in [-0.25, -0.2) is 0 Å². The molecule has 3 heteroatoms. The van der Waals surface area contributed by atoms with Gasteiger partial charge in [0.25, 0.3) is 0 Å². The highest BCUT2D eigenvalue weighted by Gasteiger charge is 2.23. The summed E-state index contributed by atoms with van der Waals surface area (Å²) < 4.78 is 1.02. The van der Waals surface area contributed by atoms with Crippen LogP contribution in [-0.4, -0.2) is 7.05 Å². The Kier molecular flexibility index (Phi) is 3.07. The van der Waals surface area contributed by atoms with Gasteiger partial charge in [-0.05, 0) is 31.7 Å². The number of rotatable bonds is 2. The molecule has 0 fully saturated rings. The zero-order valence-corrected chi connectivity index (χ0v) is 9.22. The van der Waals surface area contributed by atoms with Gasteiger partial charge >= 0.3 is 0 Å². The molecule has 1 rings (SSSR count). The fourth-order valence-electron chi connectivity index (χ4n) is 1.05. The third-order valence-corrected chi connectivity index (χ3v) is 2.67. The van der Waals surface area contributed by atoms with Crippen molar-refractivity contribution in [1.29, 1.82) is 5.26 Å². The minimum atomic E-state index is -0.597. The second-order valence-electron chi connectivity index (χ2n) is 2.99. The largest absolute Gasteiger partial charge is 0.299 e. The summed E-state index contributed by atoms with van der Waals surface area (Å²) in [5.41, 5.74) is 0.376. The normalized spacial score (nSPS) is 14.6. The predicted molar refractivity (Wildman–Crippen MR) is 56.2 cm³/mol. The Morgan fingerprint density at radius 1 is 1.38 bits per heavy atom. The minimum Gasteiger partial charge on any atom is -0.299 e. The summed E-state index contributed by atoms with van der Waals surface area (Å²) in [6.45, 7) is 1.86. The Morgan fingerprint density at radius 3 is 2.31 bits per heavy atom. The Labute approximate surface area is 86.7 Å². The minimum absolute atomic E-state index is 0.597. The monoisotopic (exact) mass is 238 g/mol. The molecule has 0 amide bonds. The standard InChI is InChI=1S/C10H11BrN2/c1-10(7-12,13-2)8-3-5-9(11)6-4-8/h3-6,13H,1-2H3. The summed E-state index contributed by atoms with van der Waals surface area (Å²) in [7, 11) is 1.78. The number of nitrogens with zero attached hydrogens (tertiary/aromatic N) is 1. The summed E-state index contributed by atoms with van der Waals surface area (Å²) in [6.07, 6.45) is 0. The molecule has 1 atom stereocenters. The van der Waals surface area contributed by atoms with Gasteiger partial charge in [0.1, 0.15) is 5.54 Å². The third-order valence-electron chi connectivity index (χ3n) is 2.15. The second-order valence-corrected chi connectivity index (χ2v) is 3.91. The molecule has 68 valence electrons. The zero-order valence-electron chi connectivity index (χ0n) is 7.63. The molecule has 0 saturated heterocycles. The van der Waals surface area contributed by atoms with Crippen molar-refractivity contribution in [3.05, 3.63) is 34.3 Å². The highest BCUT2D eigenvalue weighted by molar-refractivity contribution is 9.10. The Balaban J connectivity index is 3.08. The maximum Gasteiger partial charge on any atom is 0.129 e. The Morgan fingerprint density at radius 2 is 1.92 bits per heavy atom. The van der Waals surface area contributed by atoms with E-state index in [0.29, 0.717) is 0 Å². The van der Waals surface area contributed by atoms with Crippen LogP contribution in [0.2, 0.25) is 0 Å². The van der Waals surface area contributed by atoms with E-state index in [2.05, 4.69) is 27.3 Å². The van der Waals surface area contributed by atoms with Crippen LogP contribution in [0.5, 0.6) is 0 Å². The van der Waals surface area contributed by atoms with Gasteiger partial charge in [0.05, 0.1) is 6.07 Å². The summed E-state index contributed by atoms with van der Waals surface area (Å²) in [4.78, 5) is 0. The molecule has 1 N–H and O–H groups in total. The van der Waals surface area contributed by atoms with Crippen molar-refractivity contribution in [2.75, 3.05) is 7.05 Å². The fraction of sp³-hybridized carbons (Fsp3) is 0.300. The summed E-state index contributed by atoms with van der Waals surface area (Å²) in [6, 6.07) is 9.97. The van der Waals surface area contributed by atoms with E-state index in [9.17, 15) is 0 Å². The number of benzene rings is 1. The summed E-state index contributed by atoms with van der Waals surface area (Å²) in [5, 5.41) is 12.0.